The second kappa shape index (κ2) is 9.10. The Labute approximate surface area is 199 Å². The third-order valence-electron chi connectivity index (χ3n) is 5.79. The molecule has 0 spiro atoms. The summed E-state index contributed by atoms with van der Waals surface area (Å²) in [5, 5.41) is 4.94. The third-order valence-corrected chi connectivity index (χ3v) is 6.80. The minimum Gasteiger partial charge on any atom is -0.370 e. The number of amides is 1. The van der Waals surface area contributed by atoms with E-state index < -0.39 is 28.5 Å². The molecule has 5 nitrogen and oxygen atoms in total. The van der Waals surface area contributed by atoms with Gasteiger partial charge in [0, 0.05) is 35.2 Å². The number of hydrogen-bond donors (Lipinski definition) is 2. The number of nitrogens with zero attached hydrogens (tertiary/aromatic N) is 2. The molecule has 1 saturated heterocycles. The smallest absolute Gasteiger partial charge is 0.263 e. The van der Waals surface area contributed by atoms with Gasteiger partial charge in [0.05, 0.1) is 11.1 Å². The fourth-order valence-electron chi connectivity index (χ4n) is 3.79. The molecular formula is C24H21ClF2N4OS. The summed E-state index contributed by atoms with van der Waals surface area (Å²) < 4.78 is 29.4. The van der Waals surface area contributed by atoms with Crippen LogP contribution in [0.25, 0.3) is 0 Å². The maximum atomic E-state index is 14.7. The van der Waals surface area contributed by atoms with Crippen LogP contribution in [-0.4, -0.2) is 30.0 Å². The van der Waals surface area contributed by atoms with E-state index in [1.54, 1.807) is 34.5 Å². The first-order valence-corrected chi connectivity index (χ1v) is 11.5. The highest BCUT2D eigenvalue weighted by molar-refractivity contribution is 7.14. The van der Waals surface area contributed by atoms with E-state index in [0.29, 0.717) is 29.5 Å². The number of aromatic nitrogens is 1. The first-order chi connectivity index (χ1) is 15.7. The lowest BCUT2D eigenvalue weighted by molar-refractivity contribution is 0.101. The maximum absolute atomic E-state index is 14.7. The highest BCUT2D eigenvalue weighted by Gasteiger charge is 2.30. The molecule has 1 fully saturated rings. The summed E-state index contributed by atoms with van der Waals surface area (Å²) in [5.74, 6) is -0.0878. The van der Waals surface area contributed by atoms with Crippen LogP contribution in [0.1, 0.15) is 35.0 Å². The van der Waals surface area contributed by atoms with Gasteiger partial charge in [0.25, 0.3) is 5.91 Å². The van der Waals surface area contributed by atoms with E-state index in [-0.39, 0.29) is 11.2 Å². The van der Waals surface area contributed by atoms with Crippen LogP contribution < -0.4 is 16.0 Å². The van der Waals surface area contributed by atoms with Crippen molar-refractivity contribution in [1.29, 1.82) is 0 Å². The summed E-state index contributed by atoms with van der Waals surface area (Å²) >= 11 is 7.08. The number of benzene rings is 2. The number of terminal acetylenes is 1. The van der Waals surface area contributed by atoms with E-state index in [2.05, 4.69) is 16.2 Å². The Morgan fingerprint density at radius 3 is 2.58 bits per heavy atom. The summed E-state index contributed by atoms with van der Waals surface area (Å²) in [4.78, 5) is 18.9. The normalized spacial score (nSPS) is 17.5. The van der Waals surface area contributed by atoms with Gasteiger partial charge in [0.2, 0.25) is 0 Å². The lowest BCUT2D eigenvalue weighted by atomic mass is 9.81. The van der Waals surface area contributed by atoms with E-state index in [9.17, 15) is 13.6 Å². The number of nitrogens with one attached hydrogen (secondary N) is 1. The van der Waals surface area contributed by atoms with Gasteiger partial charge in [-0.2, -0.15) is 0 Å². The van der Waals surface area contributed by atoms with Crippen LogP contribution in [0.3, 0.4) is 0 Å². The Bertz CT molecular complexity index is 1220. The highest BCUT2D eigenvalue weighted by atomic mass is 35.5. The largest absolute Gasteiger partial charge is 0.370 e. The van der Waals surface area contributed by atoms with Crippen LogP contribution in [-0.2, 0) is 5.41 Å². The summed E-state index contributed by atoms with van der Waals surface area (Å²) in [6.07, 6.45) is 6.55. The van der Waals surface area contributed by atoms with Crippen molar-refractivity contribution in [2.24, 2.45) is 5.73 Å². The summed E-state index contributed by atoms with van der Waals surface area (Å²) in [6.45, 7) is 2.93. The van der Waals surface area contributed by atoms with Gasteiger partial charge in [-0.3, -0.25) is 10.1 Å². The monoisotopic (exact) mass is 486 g/mol. The van der Waals surface area contributed by atoms with Gasteiger partial charge in [-0.05, 0) is 43.2 Å². The van der Waals surface area contributed by atoms with Gasteiger partial charge in [0.15, 0.2) is 5.13 Å². The van der Waals surface area contributed by atoms with Crippen molar-refractivity contribution >= 4 is 39.7 Å². The van der Waals surface area contributed by atoms with Crippen molar-refractivity contribution in [2.45, 2.75) is 24.8 Å². The average Bonchev–Trinajstić information content (AvgIpc) is 3.42. The molecule has 170 valence electrons. The van der Waals surface area contributed by atoms with Crippen molar-refractivity contribution in [3.8, 4) is 12.3 Å². The third kappa shape index (κ3) is 4.58. The number of rotatable bonds is 5. The van der Waals surface area contributed by atoms with Crippen LogP contribution >= 0.6 is 22.9 Å². The van der Waals surface area contributed by atoms with Crippen molar-refractivity contribution < 1.29 is 13.6 Å². The SMILES string of the molecule is C#C[C@](C)(c1ccc(Cl)cc1)c1csc(NC(=O)c2c(F)cc(N3CCC(N)C3)cc2F)n1. The zero-order valence-corrected chi connectivity index (χ0v) is 19.3. The molecule has 1 aliphatic rings. The van der Waals surface area contributed by atoms with Crippen LogP contribution in [0, 0.1) is 24.0 Å². The van der Waals surface area contributed by atoms with E-state index in [0.717, 1.165) is 35.5 Å². The Hall–Kier alpha value is -2.99. The molecular weight excluding hydrogens is 466 g/mol. The highest BCUT2D eigenvalue weighted by Crippen LogP contribution is 2.34. The number of carbonyl (C=O) groups excluding carboxylic acids is 1. The number of halogens is 3. The second-order valence-corrected chi connectivity index (χ2v) is 9.34. The quantitative estimate of drug-likeness (QED) is 0.508. The van der Waals surface area contributed by atoms with Gasteiger partial charge >= 0.3 is 0 Å². The van der Waals surface area contributed by atoms with Gasteiger partial charge in [-0.1, -0.05) is 29.7 Å². The van der Waals surface area contributed by atoms with E-state index in [1.807, 2.05) is 6.92 Å². The molecule has 0 bridgehead atoms. The molecule has 1 unspecified atom stereocenters. The predicted octanol–water partition coefficient (Wildman–Crippen LogP) is 4.80. The molecule has 3 N–H and O–H groups in total. The molecule has 2 heterocycles. The molecule has 9 heteroatoms. The van der Waals surface area contributed by atoms with Gasteiger partial charge in [-0.25, -0.2) is 13.8 Å². The van der Waals surface area contributed by atoms with E-state index in [1.165, 1.54) is 0 Å². The van der Waals surface area contributed by atoms with Crippen molar-refractivity contribution in [3.05, 3.63) is 75.3 Å². The lowest BCUT2D eigenvalue weighted by Gasteiger charge is -2.22. The number of hydrogen-bond acceptors (Lipinski definition) is 5. The molecule has 1 aromatic heterocycles. The summed E-state index contributed by atoms with van der Waals surface area (Å²) in [6, 6.07) is 9.33. The fourth-order valence-corrected chi connectivity index (χ4v) is 4.73. The predicted molar refractivity (Wildman–Crippen MR) is 128 cm³/mol. The van der Waals surface area contributed by atoms with Crippen LogP contribution in [0.4, 0.5) is 19.6 Å². The van der Waals surface area contributed by atoms with Gasteiger partial charge in [-0.15, -0.1) is 17.8 Å². The van der Waals surface area contributed by atoms with Crippen molar-refractivity contribution in [3.63, 3.8) is 0 Å². The molecule has 2 aromatic carbocycles. The molecule has 4 rings (SSSR count). The number of carbonyl (C=O) groups is 1. The molecule has 0 aliphatic carbocycles. The molecule has 1 aliphatic heterocycles. The number of thiazole rings is 1. The van der Waals surface area contributed by atoms with Crippen LogP contribution in [0.15, 0.2) is 41.8 Å². The zero-order chi connectivity index (χ0) is 23.8. The number of anilines is 2. The molecule has 2 atom stereocenters. The minimum absolute atomic E-state index is 0.0419. The lowest BCUT2D eigenvalue weighted by Crippen LogP contribution is -2.26. The zero-order valence-electron chi connectivity index (χ0n) is 17.7. The Morgan fingerprint density at radius 2 is 2.00 bits per heavy atom. The van der Waals surface area contributed by atoms with E-state index in [4.69, 9.17) is 23.8 Å². The first-order valence-electron chi connectivity index (χ1n) is 10.2. The molecule has 0 radical (unpaired) electrons. The molecule has 33 heavy (non-hydrogen) atoms. The molecule has 3 aromatic rings. The van der Waals surface area contributed by atoms with E-state index >= 15 is 0 Å². The second-order valence-electron chi connectivity index (χ2n) is 8.05. The van der Waals surface area contributed by atoms with Crippen LogP contribution in [0.2, 0.25) is 5.02 Å². The van der Waals surface area contributed by atoms with Gasteiger partial charge < -0.3 is 10.6 Å². The first kappa shape index (κ1) is 23.2. The Kier molecular flexibility index (Phi) is 6.39. The minimum atomic E-state index is -0.950. The fraction of sp³-hybridized carbons (Fsp3) is 0.250. The Balaban J connectivity index is 1.55. The standard InChI is InChI=1S/C24H21ClF2N4OS/c1-3-24(2,14-4-6-15(25)7-5-14)20-13-33-23(29-20)30-22(32)21-18(26)10-17(11-19(21)27)31-9-8-16(28)12-31/h1,4-7,10-11,13,16H,8-9,12,28H2,2H3,(H,29,30,32)/t16?,24-/m1/s1. The maximum Gasteiger partial charge on any atom is 0.263 e. The molecule has 0 saturated carbocycles. The summed E-state index contributed by atoms with van der Waals surface area (Å²) in [5.41, 5.74) is 6.01. The number of nitrogens with two attached hydrogens (primary N) is 1. The Morgan fingerprint density at radius 1 is 1.33 bits per heavy atom. The van der Waals surface area contributed by atoms with Gasteiger partial charge in [0.1, 0.15) is 17.2 Å². The van der Waals surface area contributed by atoms with Crippen molar-refractivity contribution in [1.82, 2.24) is 4.98 Å². The molecule has 1 amide bonds. The summed E-state index contributed by atoms with van der Waals surface area (Å²) in [7, 11) is 0. The van der Waals surface area contributed by atoms with Crippen LogP contribution in [0.5, 0.6) is 0 Å². The topological polar surface area (TPSA) is 71.2 Å². The van der Waals surface area contributed by atoms with Crippen molar-refractivity contribution in [2.75, 3.05) is 23.3 Å². The average molecular weight is 487 g/mol.